The SMILES string of the molecule is CNC(=O)C1CCCCN1C(=O)c1cc(=O)c(OC)co1. The molecule has 1 atom stereocenters. The quantitative estimate of drug-likeness (QED) is 0.871. The largest absolute Gasteiger partial charge is 0.490 e. The van der Waals surface area contributed by atoms with E-state index in [1.165, 1.54) is 19.1 Å². The summed E-state index contributed by atoms with van der Waals surface area (Å²) in [5.74, 6) is -0.716. The molecule has 0 aliphatic carbocycles. The van der Waals surface area contributed by atoms with Crippen LogP contribution in [0, 0.1) is 0 Å². The predicted molar refractivity (Wildman–Crippen MR) is 74.3 cm³/mol. The summed E-state index contributed by atoms with van der Waals surface area (Å²) in [6.07, 6.45) is 3.41. The van der Waals surface area contributed by atoms with E-state index in [9.17, 15) is 14.4 Å². The first-order valence-electron chi connectivity index (χ1n) is 6.78. The van der Waals surface area contributed by atoms with Crippen molar-refractivity contribution in [1.29, 1.82) is 0 Å². The summed E-state index contributed by atoms with van der Waals surface area (Å²) in [5, 5.41) is 2.56. The van der Waals surface area contributed by atoms with Gasteiger partial charge in [0, 0.05) is 19.7 Å². The average Bonchev–Trinajstić information content (AvgIpc) is 2.53. The number of likely N-dealkylation sites (tertiary alicyclic amines) is 1. The Morgan fingerprint density at radius 3 is 2.81 bits per heavy atom. The van der Waals surface area contributed by atoms with Crippen LogP contribution in [0.5, 0.6) is 5.75 Å². The normalized spacial score (nSPS) is 18.2. The molecule has 2 rings (SSSR count). The van der Waals surface area contributed by atoms with Gasteiger partial charge >= 0.3 is 0 Å². The van der Waals surface area contributed by atoms with Gasteiger partial charge in [-0.25, -0.2) is 0 Å². The van der Waals surface area contributed by atoms with E-state index in [0.717, 1.165) is 25.2 Å². The number of likely N-dealkylation sites (N-methyl/N-ethyl adjacent to an activating group) is 1. The Bertz CT molecular complexity index is 595. The highest BCUT2D eigenvalue weighted by molar-refractivity contribution is 5.95. The van der Waals surface area contributed by atoms with Crippen LogP contribution in [-0.2, 0) is 4.79 Å². The minimum Gasteiger partial charge on any atom is -0.490 e. The molecule has 0 spiro atoms. The predicted octanol–water partition coefficient (Wildman–Crippen LogP) is 0.389. The van der Waals surface area contributed by atoms with Crippen LogP contribution in [0.4, 0.5) is 0 Å². The standard InChI is InChI=1S/C14H18N2O5/c1-15-13(18)9-5-3-4-6-16(9)14(19)11-7-10(17)12(20-2)8-21-11/h7-9H,3-6H2,1-2H3,(H,15,18). The summed E-state index contributed by atoms with van der Waals surface area (Å²) in [5.41, 5.74) is -0.430. The molecule has 1 aliphatic rings. The van der Waals surface area contributed by atoms with Crippen LogP contribution in [0.15, 0.2) is 21.5 Å². The van der Waals surface area contributed by atoms with E-state index < -0.39 is 17.4 Å². The van der Waals surface area contributed by atoms with Crippen molar-refractivity contribution in [3.63, 3.8) is 0 Å². The fraction of sp³-hybridized carbons (Fsp3) is 0.500. The van der Waals surface area contributed by atoms with Gasteiger partial charge in [-0.1, -0.05) is 0 Å². The third kappa shape index (κ3) is 3.07. The van der Waals surface area contributed by atoms with E-state index in [-0.39, 0.29) is 17.4 Å². The van der Waals surface area contributed by atoms with Gasteiger partial charge in [-0.15, -0.1) is 0 Å². The van der Waals surface area contributed by atoms with E-state index in [2.05, 4.69) is 5.32 Å². The summed E-state index contributed by atoms with van der Waals surface area (Å²) >= 11 is 0. The number of nitrogens with zero attached hydrogens (tertiary/aromatic N) is 1. The highest BCUT2D eigenvalue weighted by Gasteiger charge is 2.33. The zero-order valence-corrected chi connectivity index (χ0v) is 12.0. The fourth-order valence-electron chi connectivity index (χ4n) is 2.42. The molecule has 0 saturated carbocycles. The molecular weight excluding hydrogens is 276 g/mol. The van der Waals surface area contributed by atoms with Crippen LogP contribution < -0.4 is 15.5 Å². The van der Waals surface area contributed by atoms with E-state index >= 15 is 0 Å². The number of carbonyl (C=O) groups is 2. The Morgan fingerprint density at radius 2 is 2.19 bits per heavy atom. The number of methoxy groups -OCH3 is 1. The van der Waals surface area contributed by atoms with Gasteiger partial charge in [-0.2, -0.15) is 0 Å². The lowest BCUT2D eigenvalue weighted by molar-refractivity contribution is -0.126. The number of nitrogens with one attached hydrogen (secondary N) is 1. The van der Waals surface area contributed by atoms with Gasteiger partial charge in [-0.05, 0) is 19.3 Å². The minimum atomic E-state index is -0.524. The second kappa shape index (κ2) is 6.43. The Hall–Kier alpha value is -2.31. The van der Waals surface area contributed by atoms with Gasteiger partial charge in [0.1, 0.15) is 12.3 Å². The highest BCUT2D eigenvalue weighted by atomic mass is 16.5. The number of hydrogen-bond donors (Lipinski definition) is 1. The van der Waals surface area contributed by atoms with Crippen LogP contribution >= 0.6 is 0 Å². The third-order valence-electron chi connectivity index (χ3n) is 3.54. The van der Waals surface area contributed by atoms with Crippen molar-refractivity contribution in [1.82, 2.24) is 10.2 Å². The maximum absolute atomic E-state index is 12.5. The van der Waals surface area contributed by atoms with Gasteiger partial charge < -0.3 is 19.4 Å². The molecule has 2 heterocycles. The molecule has 114 valence electrons. The first-order chi connectivity index (χ1) is 10.1. The number of rotatable bonds is 3. The Labute approximate surface area is 121 Å². The summed E-state index contributed by atoms with van der Waals surface area (Å²) in [4.78, 5) is 37.5. The Morgan fingerprint density at radius 1 is 1.43 bits per heavy atom. The topological polar surface area (TPSA) is 88.9 Å². The zero-order valence-electron chi connectivity index (χ0n) is 12.0. The third-order valence-corrected chi connectivity index (χ3v) is 3.54. The second-order valence-electron chi connectivity index (χ2n) is 4.80. The van der Waals surface area contributed by atoms with E-state index in [4.69, 9.17) is 9.15 Å². The van der Waals surface area contributed by atoms with E-state index in [1.54, 1.807) is 0 Å². The summed E-state index contributed by atoms with van der Waals surface area (Å²) < 4.78 is 9.97. The van der Waals surface area contributed by atoms with Gasteiger partial charge in [0.25, 0.3) is 5.91 Å². The highest BCUT2D eigenvalue weighted by Crippen LogP contribution is 2.20. The zero-order chi connectivity index (χ0) is 15.4. The van der Waals surface area contributed by atoms with Gasteiger partial charge in [0.2, 0.25) is 17.1 Å². The number of carbonyl (C=O) groups excluding carboxylic acids is 2. The van der Waals surface area contributed by atoms with Crippen molar-refractivity contribution in [2.24, 2.45) is 0 Å². The molecule has 1 saturated heterocycles. The van der Waals surface area contributed by atoms with Crippen molar-refractivity contribution in [3.8, 4) is 5.75 Å². The molecule has 21 heavy (non-hydrogen) atoms. The van der Waals surface area contributed by atoms with Crippen molar-refractivity contribution in [2.45, 2.75) is 25.3 Å². The molecular formula is C14H18N2O5. The second-order valence-corrected chi connectivity index (χ2v) is 4.80. The molecule has 0 radical (unpaired) electrons. The number of hydrogen-bond acceptors (Lipinski definition) is 5. The molecule has 0 aromatic carbocycles. The van der Waals surface area contributed by atoms with Crippen LogP contribution in [0.1, 0.15) is 29.8 Å². The maximum Gasteiger partial charge on any atom is 0.290 e. The van der Waals surface area contributed by atoms with Crippen molar-refractivity contribution >= 4 is 11.8 Å². The molecule has 1 aromatic rings. The van der Waals surface area contributed by atoms with Crippen LogP contribution in [0.3, 0.4) is 0 Å². The lowest BCUT2D eigenvalue weighted by Gasteiger charge is -2.33. The molecule has 0 bridgehead atoms. The average molecular weight is 294 g/mol. The van der Waals surface area contributed by atoms with Crippen molar-refractivity contribution in [3.05, 3.63) is 28.3 Å². The summed E-state index contributed by atoms with van der Waals surface area (Å²) in [6.45, 7) is 0.465. The number of piperidine rings is 1. The maximum atomic E-state index is 12.5. The smallest absolute Gasteiger partial charge is 0.290 e. The molecule has 1 unspecified atom stereocenters. The van der Waals surface area contributed by atoms with Crippen molar-refractivity contribution in [2.75, 3.05) is 20.7 Å². The monoisotopic (exact) mass is 294 g/mol. The fourth-order valence-corrected chi connectivity index (χ4v) is 2.42. The first kappa shape index (κ1) is 15.1. The van der Waals surface area contributed by atoms with Crippen LogP contribution in [0.25, 0.3) is 0 Å². The lowest BCUT2D eigenvalue weighted by Crippen LogP contribution is -2.51. The summed E-state index contributed by atoms with van der Waals surface area (Å²) in [7, 11) is 2.88. The number of ether oxygens (including phenoxy) is 1. The summed E-state index contributed by atoms with van der Waals surface area (Å²) in [6, 6.07) is 0.570. The van der Waals surface area contributed by atoms with E-state index in [0.29, 0.717) is 13.0 Å². The van der Waals surface area contributed by atoms with Crippen molar-refractivity contribution < 1.29 is 18.7 Å². The van der Waals surface area contributed by atoms with Gasteiger partial charge in [0.05, 0.1) is 7.11 Å². The lowest BCUT2D eigenvalue weighted by atomic mass is 10.0. The molecule has 1 N–H and O–H groups in total. The van der Waals surface area contributed by atoms with Crippen LogP contribution in [-0.4, -0.2) is 43.5 Å². The Balaban J connectivity index is 2.26. The van der Waals surface area contributed by atoms with Gasteiger partial charge in [0.15, 0.2) is 5.76 Å². The Kier molecular flexibility index (Phi) is 4.62. The molecule has 2 amide bonds. The van der Waals surface area contributed by atoms with Gasteiger partial charge in [-0.3, -0.25) is 14.4 Å². The molecule has 7 nitrogen and oxygen atoms in total. The first-order valence-corrected chi connectivity index (χ1v) is 6.78. The number of amides is 2. The van der Waals surface area contributed by atoms with Crippen LogP contribution in [0.2, 0.25) is 0 Å². The minimum absolute atomic E-state index is 0.0352. The molecule has 1 aromatic heterocycles. The van der Waals surface area contributed by atoms with E-state index in [1.807, 2.05) is 0 Å². The molecule has 7 heteroatoms. The molecule has 1 fully saturated rings. The molecule has 1 aliphatic heterocycles.